The Hall–Kier alpha value is -1.44. The van der Waals surface area contributed by atoms with Crippen LogP contribution in [0.5, 0.6) is 11.5 Å². The van der Waals surface area contributed by atoms with Crippen LogP contribution in [0.4, 0.5) is 0 Å². The van der Waals surface area contributed by atoms with Gasteiger partial charge in [-0.3, -0.25) is 0 Å². The van der Waals surface area contributed by atoms with Gasteiger partial charge in [-0.2, -0.15) is 0 Å². The molecule has 0 saturated carbocycles. The molecule has 17 heavy (non-hydrogen) atoms. The van der Waals surface area contributed by atoms with Gasteiger partial charge < -0.3 is 9.84 Å². The molecule has 0 bridgehead atoms. The molecule has 1 rings (SSSR count). The van der Waals surface area contributed by atoms with Crippen molar-refractivity contribution in [3.8, 4) is 11.5 Å². The van der Waals surface area contributed by atoms with E-state index >= 15 is 0 Å². The summed E-state index contributed by atoms with van der Waals surface area (Å²) in [6, 6.07) is 5.69. The van der Waals surface area contributed by atoms with Gasteiger partial charge in [-0.1, -0.05) is 38.1 Å². The minimum Gasteiger partial charge on any atom is -0.504 e. The molecule has 1 atom stereocenters. The smallest absolute Gasteiger partial charge is 0.161 e. The standard InChI is InChI=1S/C15H22O2/c1-4-6-7-9-12(3)13-10-8-11-14(15(13)16)17-5-2/h6-8,10-12,16H,4-5,9H2,1-3H3/b7-6-. The average Bonchev–Trinajstić information content (AvgIpc) is 2.32. The molecule has 94 valence electrons. The van der Waals surface area contributed by atoms with Crippen molar-refractivity contribution in [3.05, 3.63) is 35.9 Å². The Morgan fingerprint density at radius 2 is 2.06 bits per heavy atom. The lowest BCUT2D eigenvalue weighted by Gasteiger charge is -2.14. The fraction of sp³-hybridized carbons (Fsp3) is 0.467. The van der Waals surface area contributed by atoms with E-state index in [1.165, 1.54) is 0 Å². The van der Waals surface area contributed by atoms with E-state index in [1.54, 1.807) is 6.07 Å². The van der Waals surface area contributed by atoms with Crippen LogP contribution in [0, 0.1) is 0 Å². The van der Waals surface area contributed by atoms with Crippen LogP contribution >= 0.6 is 0 Å². The molecule has 0 aromatic heterocycles. The molecular formula is C15H22O2. The molecule has 1 unspecified atom stereocenters. The average molecular weight is 234 g/mol. The van der Waals surface area contributed by atoms with Gasteiger partial charge in [0.1, 0.15) is 0 Å². The fourth-order valence-corrected chi connectivity index (χ4v) is 1.80. The molecule has 0 aliphatic rings. The summed E-state index contributed by atoms with van der Waals surface area (Å²) in [7, 11) is 0. The van der Waals surface area contributed by atoms with Gasteiger partial charge in [0.15, 0.2) is 11.5 Å². The SMILES string of the molecule is CC/C=C\CC(C)c1cccc(OCC)c1O. The third kappa shape index (κ3) is 3.81. The summed E-state index contributed by atoms with van der Waals surface area (Å²) >= 11 is 0. The lowest BCUT2D eigenvalue weighted by Crippen LogP contribution is -1.97. The lowest BCUT2D eigenvalue weighted by atomic mass is 9.96. The number of hydrogen-bond donors (Lipinski definition) is 1. The summed E-state index contributed by atoms with van der Waals surface area (Å²) < 4.78 is 5.39. The number of benzene rings is 1. The van der Waals surface area contributed by atoms with Crippen LogP contribution in [0.25, 0.3) is 0 Å². The molecule has 0 saturated heterocycles. The first-order valence-corrected chi connectivity index (χ1v) is 6.30. The third-order valence-corrected chi connectivity index (χ3v) is 2.75. The van der Waals surface area contributed by atoms with Gasteiger partial charge in [-0.25, -0.2) is 0 Å². The highest BCUT2D eigenvalue weighted by molar-refractivity contribution is 5.47. The van der Waals surface area contributed by atoms with Crippen molar-refractivity contribution in [2.75, 3.05) is 6.61 Å². The highest BCUT2D eigenvalue weighted by atomic mass is 16.5. The first kappa shape index (κ1) is 13.6. The van der Waals surface area contributed by atoms with Crippen molar-refractivity contribution in [3.63, 3.8) is 0 Å². The number of aromatic hydroxyl groups is 1. The van der Waals surface area contributed by atoms with Crippen molar-refractivity contribution in [1.82, 2.24) is 0 Å². The van der Waals surface area contributed by atoms with E-state index in [4.69, 9.17) is 4.74 Å². The van der Waals surface area contributed by atoms with Gasteiger partial charge in [0.05, 0.1) is 6.61 Å². The van der Waals surface area contributed by atoms with E-state index in [0.29, 0.717) is 18.3 Å². The molecule has 2 nitrogen and oxygen atoms in total. The third-order valence-electron chi connectivity index (χ3n) is 2.75. The van der Waals surface area contributed by atoms with Crippen molar-refractivity contribution in [2.24, 2.45) is 0 Å². The van der Waals surface area contributed by atoms with Crippen molar-refractivity contribution in [1.29, 1.82) is 0 Å². The molecule has 0 aliphatic heterocycles. The maximum atomic E-state index is 10.1. The summed E-state index contributed by atoms with van der Waals surface area (Å²) in [6.07, 6.45) is 6.31. The van der Waals surface area contributed by atoms with Crippen LogP contribution in [0.15, 0.2) is 30.4 Å². The van der Waals surface area contributed by atoms with Gasteiger partial charge in [0.25, 0.3) is 0 Å². The first-order chi connectivity index (χ1) is 8.20. The van der Waals surface area contributed by atoms with Crippen molar-refractivity contribution in [2.45, 2.75) is 39.5 Å². The molecule has 0 fully saturated rings. The second-order valence-electron chi connectivity index (χ2n) is 4.14. The van der Waals surface area contributed by atoms with Gasteiger partial charge in [-0.05, 0) is 31.7 Å². The molecule has 1 N–H and O–H groups in total. The zero-order valence-corrected chi connectivity index (χ0v) is 10.9. The van der Waals surface area contributed by atoms with Crippen LogP contribution in [0.2, 0.25) is 0 Å². The summed E-state index contributed by atoms with van der Waals surface area (Å²) in [4.78, 5) is 0. The largest absolute Gasteiger partial charge is 0.504 e. The van der Waals surface area contributed by atoms with E-state index in [0.717, 1.165) is 18.4 Å². The van der Waals surface area contributed by atoms with E-state index in [1.807, 2.05) is 19.1 Å². The Labute approximate surface area is 104 Å². The molecule has 1 aromatic rings. The minimum atomic E-state index is 0.284. The topological polar surface area (TPSA) is 29.5 Å². The molecule has 0 radical (unpaired) electrons. The quantitative estimate of drug-likeness (QED) is 0.745. The van der Waals surface area contributed by atoms with E-state index < -0.39 is 0 Å². The molecular weight excluding hydrogens is 212 g/mol. The lowest BCUT2D eigenvalue weighted by molar-refractivity contribution is 0.316. The molecule has 0 heterocycles. The van der Waals surface area contributed by atoms with E-state index in [9.17, 15) is 5.11 Å². The summed E-state index contributed by atoms with van der Waals surface area (Å²) in [6.45, 7) is 6.72. The van der Waals surface area contributed by atoms with E-state index in [-0.39, 0.29) is 5.75 Å². The second kappa shape index (κ2) is 7.00. The van der Waals surface area contributed by atoms with Crippen molar-refractivity contribution >= 4 is 0 Å². The van der Waals surface area contributed by atoms with Crippen LogP contribution in [-0.4, -0.2) is 11.7 Å². The summed E-state index contributed by atoms with van der Waals surface area (Å²) in [5.41, 5.74) is 0.955. The fourth-order valence-electron chi connectivity index (χ4n) is 1.80. The zero-order chi connectivity index (χ0) is 12.7. The summed E-state index contributed by atoms with van der Waals surface area (Å²) in [5, 5.41) is 10.1. The molecule has 0 spiro atoms. The molecule has 0 amide bonds. The highest BCUT2D eigenvalue weighted by Crippen LogP contribution is 2.35. The Kier molecular flexibility index (Phi) is 5.61. The van der Waals surface area contributed by atoms with Crippen molar-refractivity contribution < 1.29 is 9.84 Å². The maximum absolute atomic E-state index is 10.1. The predicted molar refractivity (Wildman–Crippen MR) is 71.7 cm³/mol. The number of rotatable bonds is 6. The Morgan fingerprint density at radius 3 is 2.71 bits per heavy atom. The first-order valence-electron chi connectivity index (χ1n) is 6.30. The van der Waals surface area contributed by atoms with Crippen LogP contribution in [-0.2, 0) is 0 Å². The monoisotopic (exact) mass is 234 g/mol. The number of ether oxygens (including phenoxy) is 1. The van der Waals surface area contributed by atoms with Crippen LogP contribution < -0.4 is 4.74 Å². The predicted octanol–water partition coefficient (Wildman–Crippen LogP) is 4.25. The highest BCUT2D eigenvalue weighted by Gasteiger charge is 2.12. The van der Waals surface area contributed by atoms with Gasteiger partial charge in [-0.15, -0.1) is 0 Å². The van der Waals surface area contributed by atoms with Crippen LogP contribution in [0.3, 0.4) is 0 Å². The second-order valence-corrected chi connectivity index (χ2v) is 4.14. The zero-order valence-electron chi connectivity index (χ0n) is 10.9. The Morgan fingerprint density at radius 1 is 1.29 bits per heavy atom. The molecule has 2 heteroatoms. The van der Waals surface area contributed by atoms with Crippen LogP contribution in [0.1, 0.15) is 45.1 Å². The minimum absolute atomic E-state index is 0.284. The van der Waals surface area contributed by atoms with Gasteiger partial charge in [0.2, 0.25) is 0 Å². The normalized spacial score (nSPS) is 12.9. The summed E-state index contributed by atoms with van der Waals surface area (Å²) in [5.74, 6) is 1.17. The number of phenols is 1. The Balaban J connectivity index is 2.82. The number of allylic oxidation sites excluding steroid dienone is 2. The van der Waals surface area contributed by atoms with Gasteiger partial charge in [0, 0.05) is 5.56 Å². The number of phenolic OH excluding ortho intramolecular Hbond substituents is 1. The maximum Gasteiger partial charge on any atom is 0.161 e. The Bertz CT molecular complexity index is 369. The van der Waals surface area contributed by atoms with Gasteiger partial charge >= 0.3 is 0 Å². The van der Waals surface area contributed by atoms with E-state index in [2.05, 4.69) is 26.0 Å². The number of hydrogen-bond acceptors (Lipinski definition) is 2. The molecule has 0 aliphatic carbocycles. The number of para-hydroxylation sites is 1. The molecule has 1 aromatic carbocycles.